The average molecular weight is 306 g/mol. The summed E-state index contributed by atoms with van der Waals surface area (Å²) in [7, 11) is 0. The van der Waals surface area contributed by atoms with E-state index in [-0.39, 0.29) is 17.6 Å². The van der Waals surface area contributed by atoms with E-state index in [0.29, 0.717) is 0 Å². The maximum Gasteiger partial charge on any atom is 0.166 e. The van der Waals surface area contributed by atoms with Crippen LogP contribution in [-0.2, 0) is 0 Å². The molecule has 0 heterocycles. The maximum atomic E-state index is 12.7. The molecule has 0 radical (unpaired) electrons. The van der Waals surface area contributed by atoms with Gasteiger partial charge >= 0.3 is 0 Å². The summed E-state index contributed by atoms with van der Waals surface area (Å²) in [6.07, 6.45) is 5.97. The van der Waals surface area contributed by atoms with Crippen LogP contribution >= 0.6 is 0 Å². The fourth-order valence-electron chi connectivity index (χ4n) is 3.46. The number of aliphatic hydroxyl groups is 1. The van der Waals surface area contributed by atoms with Gasteiger partial charge in [0, 0.05) is 11.5 Å². The molecule has 3 rings (SSSR count). The molecule has 0 saturated heterocycles. The molecule has 1 N–H and O–H groups in total. The number of hydrogen-bond donors (Lipinski definition) is 1. The van der Waals surface area contributed by atoms with Gasteiger partial charge in [-0.25, -0.2) is 0 Å². The van der Waals surface area contributed by atoms with E-state index in [4.69, 9.17) is 0 Å². The lowest BCUT2D eigenvalue weighted by atomic mass is 9.84. The zero-order valence-electron chi connectivity index (χ0n) is 13.1. The third kappa shape index (κ3) is 3.77. The van der Waals surface area contributed by atoms with Crippen molar-refractivity contribution in [3.8, 4) is 0 Å². The van der Waals surface area contributed by atoms with Gasteiger partial charge in [-0.3, -0.25) is 4.79 Å². The van der Waals surface area contributed by atoms with Crippen LogP contribution in [0.1, 0.15) is 35.2 Å². The van der Waals surface area contributed by atoms with E-state index in [1.54, 1.807) is 0 Å². The Balaban J connectivity index is 1.71. The summed E-state index contributed by atoms with van der Waals surface area (Å²) in [4.78, 5) is 12.7. The van der Waals surface area contributed by atoms with Gasteiger partial charge in [0.15, 0.2) is 5.78 Å². The molecule has 1 aliphatic carbocycles. The SMILES string of the molecule is O=C(c1ccccc1)[C@H]1CCC[C@@H]1C(O)/C=C/c1ccccc1. The van der Waals surface area contributed by atoms with Crippen molar-refractivity contribution in [3.05, 3.63) is 77.9 Å². The van der Waals surface area contributed by atoms with Crippen LogP contribution in [-0.4, -0.2) is 17.0 Å². The molecule has 2 aromatic carbocycles. The van der Waals surface area contributed by atoms with Crippen LogP contribution in [0.25, 0.3) is 6.08 Å². The molecule has 23 heavy (non-hydrogen) atoms. The van der Waals surface area contributed by atoms with Gasteiger partial charge in [-0.1, -0.05) is 79.2 Å². The quantitative estimate of drug-likeness (QED) is 0.833. The van der Waals surface area contributed by atoms with Crippen molar-refractivity contribution in [2.75, 3.05) is 0 Å². The minimum Gasteiger partial charge on any atom is -0.389 e. The minimum absolute atomic E-state index is 0.0164. The fourth-order valence-corrected chi connectivity index (χ4v) is 3.46. The van der Waals surface area contributed by atoms with E-state index < -0.39 is 6.10 Å². The number of aliphatic hydroxyl groups excluding tert-OH is 1. The molecule has 0 spiro atoms. The Morgan fingerprint density at radius 3 is 2.35 bits per heavy atom. The van der Waals surface area contributed by atoms with Crippen LogP contribution < -0.4 is 0 Å². The average Bonchev–Trinajstić information content (AvgIpc) is 3.10. The van der Waals surface area contributed by atoms with Gasteiger partial charge in [0.25, 0.3) is 0 Å². The van der Waals surface area contributed by atoms with E-state index in [9.17, 15) is 9.90 Å². The molecule has 0 aromatic heterocycles. The summed E-state index contributed by atoms with van der Waals surface area (Å²) in [6, 6.07) is 19.4. The molecule has 1 aliphatic rings. The topological polar surface area (TPSA) is 37.3 Å². The minimum atomic E-state index is -0.574. The molecule has 2 heteroatoms. The highest BCUT2D eigenvalue weighted by Gasteiger charge is 2.36. The molecule has 1 saturated carbocycles. The van der Waals surface area contributed by atoms with Crippen molar-refractivity contribution in [1.82, 2.24) is 0 Å². The van der Waals surface area contributed by atoms with Crippen LogP contribution in [0.15, 0.2) is 66.7 Å². The van der Waals surface area contributed by atoms with Gasteiger partial charge in [-0.2, -0.15) is 0 Å². The lowest BCUT2D eigenvalue weighted by Gasteiger charge is -2.22. The Kier molecular flexibility index (Phi) is 5.04. The van der Waals surface area contributed by atoms with Crippen molar-refractivity contribution >= 4 is 11.9 Å². The Bertz CT molecular complexity index is 661. The standard InChI is InChI=1S/C21H22O2/c22-20(15-14-16-8-3-1-4-9-16)18-12-7-13-19(18)21(23)17-10-5-2-6-11-17/h1-6,8-11,14-15,18-20,22H,7,12-13H2/b15-14+/t18-,19-,20?/m0/s1. The van der Waals surface area contributed by atoms with Gasteiger partial charge in [-0.15, -0.1) is 0 Å². The van der Waals surface area contributed by atoms with E-state index >= 15 is 0 Å². The first-order valence-electron chi connectivity index (χ1n) is 8.26. The number of benzene rings is 2. The first kappa shape index (κ1) is 15.7. The summed E-state index contributed by atoms with van der Waals surface area (Å²) >= 11 is 0. The number of carbonyl (C=O) groups excluding carboxylic acids is 1. The summed E-state index contributed by atoms with van der Waals surface area (Å²) < 4.78 is 0. The predicted molar refractivity (Wildman–Crippen MR) is 93.1 cm³/mol. The fraction of sp³-hybridized carbons (Fsp3) is 0.286. The molecule has 2 nitrogen and oxygen atoms in total. The molecule has 0 bridgehead atoms. The first-order chi connectivity index (χ1) is 11.3. The van der Waals surface area contributed by atoms with E-state index in [0.717, 1.165) is 30.4 Å². The Morgan fingerprint density at radius 1 is 1.00 bits per heavy atom. The zero-order valence-corrected chi connectivity index (χ0v) is 13.1. The van der Waals surface area contributed by atoms with Crippen LogP contribution in [0.3, 0.4) is 0 Å². The van der Waals surface area contributed by atoms with Crippen molar-refractivity contribution < 1.29 is 9.90 Å². The number of Topliss-reactive ketones (excluding diaryl/α,β-unsaturated/α-hetero) is 1. The Morgan fingerprint density at radius 2 is 1.65 bits per heavy atom. The highest BCUT2D eigenvalue weighted by Crippen LogP contribution is 2.37. The maximum absolute atomic E-state index is 12.7. The summed E-state index contributed by atoms with van der Waals surface area (Å²) in [5.74, 6) is 0.107. The van der Waals surface area contributed by atoms with Crippen molar-refractivity contribution in [3.63, 3.8) is 0 Å². The highest BCUT2D eigenvalue weighted by molar-refractivity contribution is 5.98. The number of hydrogen-bond acceptors (Lipinski definition) is 2. The second kappa shape index (κ2) is 7.38. The number of carbonyl (C=O) groups is 1. The second-order valence-electron chi connectivity index (χ2n) is 6.19. The van der Waals surface area contributed by atoms with Crippen LogP contribution in [0.4, 0.5) is 0 Å². The first-order valence-corrected chi connectivity index (χ1v) is 8.26. The molecule has 1 unspecified atom stereocenters. The van der Waals surface area contributed by atoms with E-state index in [2.05, 4.69) is 0 Å². The molecule has 118 valence electrons. The molecular weight excluding hydrogens is 284 g/mol. The molecule has 2 aromatic rings. The molecule has 0 amide bonds. The molecule has 1 fully saturated rings. The third-order valence-electron chi connectivity index (χ3n) is 4.69. The summed E-state index contributed by atoms with van der Waals surface area (Å²) in [5.41, 5.74) is 1.82. The van der Waals surface area contributed by atoms with Gasteiger partial charge < -0.3 is 5.11 Å². The molecule has 0 aliphatic heterocycles. The van der Waals surface area contributed by atoms with Crippen molar-refractivity contribution in [2.45, 2.75) is 25.4 Å². The van der Waals surface area contributed by atoms with Gasteiger partial charge in [0.2, 0.25) is 0 Å². The smallest absolute Gasteiger partial charge is 0.166 e. The van der Waals surface area contributed by atoms with Crippen molar-refractivity contribution in [2.24, 2.45) is 11.8 Å². The van der Waals surface area contributed by atoms with E-state index in [1.807, 2.05) is 72.8 Å². The Hall–Kier alpha value is -2.19. The second-order valence-corrected chi connectivity index (χ2v) is 6.19. The number of ketones is 1. The van der Waals surface area contributed by atoms with Gasteiger partial charge in [0.05, 0.1) is 6.10 Å². The lowest BCUT2D eigenvalue weighted by molar-refractivity contribution is 0.0778. The van der Waals surface area contributed by atoms with E-state index in [1.165, 1.54) is 0 Å². The van der Waals surface area contributed by atoms with Crippen molar-refractivity contribution in [1.29, 1.82) is 0 Å². The molecular formula is C21H22O2. The summed E-state index contributed by atoms with van der Waals surface area (Å²) in [5, 5.41) is 10.5. The summed E-state index contributed by atoms with van der Waals surface area (Å²) in [6.45, 7) is 0. The number of rotatable bonds is 5. The molecule has 3 atom stereocenters. The predicted octanol–water partition coefficient (Wildman–Crippen LogP) is 4.36. The monoisotopic (exact) mass is 306 g/mol. The highest BCUT2D eigenvalue weighted by atomic mass is 16.3. The van der Waals surface area contributed by atoms with Crippen LogP contribution in [0.2, 0.25) is 0 Å². The normalized spacial score (nSPS) is 22.3. The van der Waals surface area contributed by atoms with Gasteiger partial charge in [0.1, 0.15) is 0 Å². The largest absolute Gasteiger partial charge is 0.389 e. The van der Waals surface area contributed by atoms with Gasteiger partial charge in [-0.05, 0) is 24.3 Å². The zero-order chi connectivity index (χ0) is 16.1. The third-order valence-corrected chi connectivity index (χ3v) is 4.69. The van der Waals surface area contributed by atoms with Crippen LogP contribution in [0, 0.1) is 11.8 Å². The lowest BCUT2D eigenvalue weighted by Crippen LogP contribution is -2.27. The Labute approximate surface area is 137 Å². The van der Waals surface area contributed by atoms with Crippen LogP contribution in [0.5, 0.6) is 0 Å².